The van der Waals surface area contributed by atoms with Gasteiger partial charge in [-0.05, 0) is 24.3 Å². The number of ether oxygens (including phenoxy) is 1. The molecule has 116 valence electrons. The van der Waals surface area contributed by atoms with E-state index in [1.54, 1.807) is 0 Å². The van der Waals surface area contributed by atoms with E-state index in [0.717, 1.165) is 24.0 Å². The van der Waals surface area contributed by atoms with E-state index in [-0.39, 0.29) is 11.8 Å². The van der Waals surface area contributed by atoms with Crippen LogP contribution in [-0.2, 0) is 4.79 Å². The second-order valence-corrected chi connectivity index (χ2v) is 5.95. The third kappa shape index (κ3) is 3.59. The van der Waals surface area contributed by atoms with Gasteiger partial charge >= 0.3 is 0 Å². The second kappa shape index (κ2) is 7.30. The highest BCUT2D eigenvalue weighted by Gasteiger charge is 2.20. The molecule has 2 aromatic carbocycles. The van der Waals surface area contributed by atoms with Crippen molar-refractivity contribution >= 4 is 16.7 Å². The molecule has 0 unspecified atom stereocenters. The molecule has 0 saturated heterocycles. The van der Waals surface area contributed by atoms with Gasteiger partial charge in [0, 0.05) is 11.3 Å². The molecule has 0 spiro atoms. The SMILES string of the molecule is O=C(NCCOc1cccc2ccccc12)C1CCCCC1. The number of hydrogen-bond donors (Lipinski definition) is 1. The van der Waals surface area contributed by atoms with Gasteiger partial charge < -0.3 is 10.1 Å². The summed E-state index contributed by atoms with van der Waals surface area (Å²) in [5.74, 6) is 1.29. The molecule has 2 aromatic rings. The standard InChI is InChI=1S/C19H23NO2/c21-19(16-8-2-1-3-9-16)20-13-14-22-18-12-6-10-15-7-4-5-11-17(15)18/h4-7,10-12,16H,1-3,8-9,13-14H2,(H,20,21). The third-order valence-electron chi connectivity index (χ3n) is 4.38. The predicted octanol–water partition coefficient (Wildman–Crippen LogP) is 3.92. The summed E-state index contributed by atoms with van der Waals surface area (Å²) in [4.78, 5) is 12.1. The van der Waals surface area contributed by atoms with Crippen molar-refractivity contribution in [3.8, 4) is 5.75 Å². The summed E-state index contributed by atoms with van der Waals surface area (Å²) >= 11 is 0. The minimum Gasteiger partial charge on any atom is -0.491 e. The van der Waals surface area contributed by atoms with Crippen LogP contribution in [0.1, 0.15) is 32.1 Å². The Morgan fingerprint density at radius 3 is 2.68 bits per heavy atom. The van der Waals surface area contributed by atoms with Gasteiger partial charge in [0.1, 0.15) is 12.4 Å². The lowest BCUT2D eigenvalue weighted by molar-refractivity contribution is -0.126. The average Bonchev–Trinajstić information content (AvgIpc) is 2.59. The zero-order valence-electron chi connectivity index (χ0n) is 12.9. The Labute approximate surface area is 131 Å². The summed E-state index contributed by atoms with van der Waals surface area (Å²) in [6, 6.07) is 14.2. The molecule has 0 aliphatic heterocycles. The molecule has 1 aliphatic carbocycles. The van der Waals surface area contributed by atoms with E-state index < -0.39 is 0 Å². The van der Waals surface area contributed by atoms with Crippen LogP contribution in [0.5, 0.6) is 5.75 Å². The van der Waals surface area contributed by atoms with Gasteiger partial charge in [-0.3, -0.25) is 4.79 Å². The first-order valence-electron chi connectivity index (χ1n) is 8.23. The average molecular weight is 297 g/mol. The van der Waals surface area contributed by atoms with Crippen LogP contribution in [-0.4, -0.2) is 19.1 Å². The first-order chi connectivity index (χ1) is 10.8. The zero-order valence-corrected chi connectivity index (χ0v) is 12.9. The van der Waals surface area contributed by atoms with E-state index in [0.29, 0.717) is 13.2 Å². The van der Waals surface area contributed by atoms with Gasteiger partial charge in [0.2, 0.25) is 5.91 Å². The minimum atomic E-state index is 0.196. The van der Waals surface area contributed by atoms with Crippen molar-refractivity contribution in [2.45, 2.75) is 32.1 Å². The molecule has 1 amide bonds. The summed E-state index contributed by atoms with van der Waals surface area (Å²) in [5.41, 5.74) is 0. The summed E-state index contributed by atoms with van der Waals surface area (Å²) in [5, 5.41) is 5.29. The summed E-state index contributed by atoms with van der Waals surface area (Å²) in [6.45, 7) is 1.07. The van der Waals surface area contributed by atoms with Crippen molar-refractivity contribution in [2.24, 2.45) is 5.92 Å². The van der Waals surface area contributed by atoms with Crippen molar-refractivity contribution < 1.29 is 9.53 Å². The van der Waals surface area contributed by atoms with Crippen molar-refractivity contribution in [1.82, 2.24) is 5.32 Å². The van der Waals surface area contributed by atoms with Crippen LogP contribution in [0.25, 0.3) is 10.8 Å². The van der Waals surface area contributed by atoms with Gasteiger partial charge in [-0.2, -0.15) is 0 Å². The number of benzene rings is 2. The van der Waals surface area contributed by atoms with E-state index >= 15 is 0 Å². The van der Waals surface area contributed by atoms with E-state index in [1.165, 1.54) is 24.6 Å². The molecule has 1 fully saturated rings. The molecule has 3 heteroatoms. The van der Waals surface area contributed by atoms with Crippen LogP contribution in [0.2, 0.25) is 0 Å². The predicted molar refractivity (Wildman–Crippen MR) is 89.0 cm³/mol. The zero-order chi connectivity index (χ0) is 15.2. The monoisotopic (exact) mass is 297 g/mol. The number of carbonyl (C=O) groups is 1. The number of nitrogens with one attached hydrogen (secondary N) is 1. The fraction of sp³-hybridized carbons (Fsp3) is 0.421. The Morgan fingerprint density at radius 1 is 1.05 bits per heavy atom. The summed E-state index contributed by atoms with van der Waals surface area (Å²) < 4.78 is 5.84. The maximum absolute atomic E-state index is 12.1. The lowest BCUT2D eigenvalue weighted by Gasteiger charge is -2.20. The molecule has 1 aliphatic rings. The molecule has 0 atom stereocenters. The smallest absolute Gasteiger partial charge is 0.223 e. The van der Waals surface area contributed by atoms with E-state index in [9.17, 15) is 4.79 Å². The number of hydrogen-bond acceptors (Lipinski definition) is 2. The Hall–Kier alpha value is -2.03. The lowest BCUT2D eigenvalue weighted by Crippen LogP contribution is -2.34. The Bertz CT molecular complexity index is 627. The van der Waals surface area contributed by atoms with Crippen LogP contribution in [0.4, 0.5) is 0 Å². The van der Waals surface area contributed by atoms with E-state index in [4.69, 9.17) is 4.74 Å². The van der Waals surface area contributed by atoms with E-state index in [2.05, 4.69) is 23.5 Å². The molecule has 0 bridgehead atoms. The Morgan fingerprint density at radius 2 is 1.82 bits per heavy atom. The van der Waals surface area contributed by atoms with Crippen LogP contribution >= 0.6 is 0 Å². The summed E-state index contributed by atoms with van der Waals surface area (Å²) in [6.07, 6.45) is 5.72. The van der Waals surface area contributed by atoms with Crippen molar-refractivity contribution in [3.05, 3.63) is 42.5 Å². The molecule has 22 heavy (non-hydrogen) atoms. The molecular formula is C19H23NO2. The maximum Gasteiger partial charge on any atom is 0.223 e. The number of rotatable bonds is 5. The summed E-state index contributed by atoms with van der Waals surface area (Å²) in [7, 11) is 0. The van der Waals surface area contributed by atoms with Crippen molar-refractivity contribution in [1.29, 1.82) is 0 Å². The third-order valence-corrected chi connectivity index (χ3v) is 4.38. The molecule has 1 N–H and O–H groups in total. The number of carbonyl (C=O) groups excluding carboxylic acids is 1. The van der Waals surface area contributed by atoms with Gasteiger partial charge in [0.25, 0.3) is 0 Å². The topological polar surface area (TPSA) is 38.3 Å². The first kappa shape index (κ1) is 14.9. The highest BCUT2D eigenvalue weighted by Crippen LogP contribution is 2.25. The molecule has 0 aromatic heterocycles. The van der Waals surface area contributed by atoms with Crippen LogP contribution < -0.4 is 10.1 Å². The highest BCUT2D eigenvalue weighted by molar-refractivity contribution is 5.88. The Kier molecular flexibility index (Phi) is 4.94. The minimum absolute atomic E-state index is 0.196. The lowest BCUT2D eigenvalue weighted by atomic mass is 9.89. The van der Waals surface area contributed by atoms with Gasteiger partial charge in [-0.15, -0.1) is 0 Å². The fourth-order valence-electron chi connectivity index (χ4n) is 3.17. The molecule has 1 saturated carbocycles. The maximum atomic E-state index is 12.1. The Balaban J connectivity index is 1.49. The number of fused-ring (bicyclic) bond motifs is 1. The highest BCUT2D eigenvalue weighted by atomic mass is 16.5. The van der Waals surface area contributed by atoms with Crippen LogP contribution in [0.15, 0.2) is 42.5 Å². The van der Waals surface area contributed by atoms with Crippen LogP contribution in [0, 0.1) is 5.92 Å². The quantitative estimate of drug-likeness (QED) is 0.850. The first-order valence-corrected chi connectivity index (χ1v) is 8.23. The van der Waals surface area contributed by atoms with Gasteiger partial charge in [0.15, 0.2) is 0 Å². The molecule has 0 radical (unpaired) electrons. The van der Waals surface area contributed by atoms with Gasteiger partial charge in [-0.25, -0.2) is 0 Å². The van der Waals surface area contributed by atoms with Crippen LogP contribution in [0.3, 0.4) is 0 Å². The second-order valence-electron chi connectivity index (χ2n) is 5.95. The molecule has 3 rings (SSSR count). The largest absolute Gasteiger partial charge is 0.491 e. The normalized spacial score (nSPS) is 15.6. The molecule has 3 nitrogen and oxygen atoms in total. The van der Waals surface area contributed by atoms with E-state index in [1.807, 2.05) is 24.3 Å². The molecular weight excluding hydrogens is 274 g/mol. The van der Waals surface area contributed by atoms with Crippen molar-refractivity contribution in [2.75, 3.05) is 13.2 Å². The van der Waals surface area contributed by atoms with Gasteiger partial charge in [-0.1, -0.05) is 55.7 Å². The van der Waals surface area contributed by atoms with Gasteiger partial charge in [0.05, 0.1) is 6.54 Å². The fourth-order valence-corrected chi connectivity index (χ4v) is 3.17. The number of amides is 1. The molecule has 0 heterocycles. The van der Waals surface area contributed by atoms with Crippen molar-refractivity contribution in [3.63, 3.8) is 0 Å².